The van der Waals surface area contributed by atoms with Crippen molar-refractivity contribution in [1.29, 1.82) is 0 Å². The van der Waals surface area contributed by atoms with Crippen LogP contribution in [0.4, 0.5) is 0 Å². The Morgan fingerprint density at radius 2 is 1.64 bits per heavy atom. The van der Waals surface area contributed by atoms with Gasteiger partial charge in [0.2, 0.25) is 15.9 Å². The molecule has 1 fully saturated rings. The summed E-state index contributed by atoms with van der Waals surface area (Å²) >= 11 is 0. The Morgan fingerprint density at radius 1 is 0.974 bits per heavy atom. The van der Waals surface area contributed by atoms with Gasteiger partial charge in [0.25, 0.3) is 0 Å². The highest BCUT2D eigenvalue weighted by atomic mass is 32.2. The summed E-state index contributed by atoms with van der Waals surface area (Å²) in [6.45, 7) is -0.133. The molecule has 0 saturated carbocycles. The van der Waals surface area contributed by atoms with Crippen molar-refractivity contribution >= 4 is 32.4 Å². The number of carbonyl (C=O) groups is 1. The van der Waals surface area contributed by atoms with Crippen LogP contribution >= 0.6 is 0 Å². The molecular formula is C30H29N3O5S. The van der Waals surface area contributed by atoms with Gasteiger partial charge in [0.15, 0.2) is 0 Å². The fraction of sp³-hybridized carbons (Fsp3) is 0.200. The molecule has 0 spiro atoms. The van der Waals surface area contributed by atoms with Gasteiger partial charge in [-0.25, -0.2) is 8.42 Å². The van der Waals surface area contributed by atoms with Crippen LogP contribution in [0.1, 0.15) is 18.1 Å². The average Bonchev–Trinajstić information content (AvgIpc) is 3.41. The van der Waals surface area contributed by atoms with E-state index in [1.165, 1.54) is 7.11 Å². The quantitative estimate of drug-likeness (QED) is 0.325. The first kappa shape index (κ1) is 26.6. The van der Waals surface area contributed by atoms with E-state index in [1.807, 2.05) is 72.8 Å². The molecule has 1 heterocycles. The van der Waals surface area contributed by atoms with Crippen LogP contribution in [-0.4, -0.2) is 55.7 Å². The van der Waals surface area contributed by atoms with E-state index >= 15 is 0 Å². The molecule has 1 saturated heterocycles. The lowest BCUT2D eigenvalue weighted by molar-refractivity contribution is -0.124. The molecule has 4 aromatic carbocycles. The molecule has 0 unspecified atom stereocenters. The van der Waals surface area contributed by atoms with Crippen molar-refractivity contribution < 1.29 is 23.2 Å². The van der Waals surface area contributed by atoms with E-state index < -0.39 is 28.1 Å². The molecule has 2 atom stereocenters. The molecule has 39 heavy (non-hydrogen) atoms. The van der Waals surface area contributed by atoms with E-state index in [0.29, 0.717) is 11.3 Å². The van der Waals surface area contributed by atoms with Crippen molar-refractivity contribution in [2.75, 3.05) is 20.2 Å². The molecule has 1 amide bonds. The SMILES string of the molecule is CO/N=C1\C[C@@H](C(=O)NC[C@@H](O)c2ccc3ccccc3c2)N(S(=O)(=O)c2ccc(-c3ccccc3)cc2)C1. The van der Waals surface area contributed by atoms with Crippen molar-refractivity contribution in [3.8, 4) is 11.1 Å². The van der Waals surface area contributed by atoms with Crippen LogP contribution in [0.2, 0.25) is 0 Å². The van der Waals surface area contributed by atoms with Gasteiger partial charge in [-0.05, 0) is 45.7 Å². The summed E-state index contributed by atoms with van der Waals surface area (Å²) in [5.41, 5.74) is 2.95. The van der Waals surface area contributed by atoms with Gasteiger partial charge >= 0.3 is 0 Å². The minimum Gasteiger partial charge on any atom is -0.399 e. The highest BCUT2D eigenvalue weighted by Gasteiger charge is 2.43. The number of aliphatic hydroxyl groups is 1. The molecule has 0 aromatic heterocycles. The summed E-state index contributed by atoms with van der Waals surface area (Å²) in [5.74, 6) is -0.513. The fourth-order valence-corrected chi connectivity index (χ4v) is 6.36. The molecule has 1 aliphatic heterocycles. The van der Waals surface area contributed by atoms with Gasteiger partial charge in [-0.15, -0.1) is 0 Å². The second-order valence-corrected chi connectivity index (χ2v) is 11.3. The first-order valence-corrected chi connectivity index (χ1v) is 14.0. The van der Waals surface area contributed by atoms with Gasteiger partial charge in [-0.1, -0.05) is 84.0 Å². The molecule has 0 radical (unpaired) electrons. The molecule has 1 aliphatic rings. The van der Waals surface area contributed by atoms with Crippen LogP contribution in [0, 0.1) is 0 Å². The Morgan fingerprint density at radius 3 is 2.36 bits per heavy atom. The van der Waals surface area contributed by atoms with Crippen LogP contribution in [0.5, 0.6) is 0 Å². The zero-order valence-corrected chi connectivity index (χ0v) is 22.2. The van der Waals surface area contributed by atoms with E-state index in [4.69, 9.17) is 4.84 Å². The van der Waals surface area contributed by atoms with Gasteiger partial charge in [-0.2, -0.15) is 4.31 Å². The van der Waals surface area contributed by atoms with E-state index in [2.05, 4.69) is 10.5 Å². The first-order chi connectivity index (χ1) is 18.9. The van der Waals surface area contributed by atoms with Crippen LogP contribution in [0.25, 0.3) is 21.9 Å². The Hall–Kier alpha value is -4.05. The Bertz CT molecular complexity index is 1600. The van der Waals surface area contributed by atoms with Crippen LogP contribution in [0.15, 0.2) is 107 Å². The predicted molar refractivity (Wildman–Crippen MR) is 151 cm³/mol. The predicted octanol–water partition coefficient (Wildman–Crippen LogP) is 4.12. The highest BCUT2D eigenvalue weighted by molar-refractivity contribution is 7.89. The molecule has 5 rings (SSSR count). The van der Waals surface area contributed by atoms with E-state index in [1.54, 1.807) is 24.3 Å². The minimum absolute atomic E-state index is 0.0654. The summed E-state index contributed by atoms with van der Waals surface area (Å²) in [6.07, 6.45) is -0.866. The monoisotopic (exact) mass is 543 g/mol. The lowest BCUT2D eigenvalue weighted by Gasteiger charge is -2.23. The number of carbonyl (C=O) groups excluding carboxylic acids is 1. The Balaban J connectivity index is 1.33. The zero-order chi connectivity index (χ0) is 27.4. The fourth-order valence-electron chi connectivity index (χ4n) is 4.78. The molecular weight excluding hydrogens is 514 g/mol. The molecule has 8 nitrogen and oxygen atoms in total. The van der Waals surface area contributed by atoms with Crippen LogP contribution in [0.3, 0.4) is 0 Å². The third kappa shape index (κ3) is 5.70. The third-order valence-electron chi connectivity index (χ3n) is 6.83. The second kappa shape index (κ2) is 11.4. The molecule has 2 N–H and O–H groups in total. The van der Waals surface area contributed by atoms with Gasteiger partial charge in [-0.3, -0.25) is 4.79 Å². The topological polar surface area (TPSA) is 108 Å². The summed E-state index contributed by atoms with van der Waals surface area (Å²) in [7, 11) is -2.65. The van der Waals surface area contributed by atoms with E-state index in [-0.39, 0.29) is 24.4 Å². The van der Waals surface area contributed by atoms with Gasteiger partial charge in [0, 0.05) is 13.0 Å². The summed E-state index contributed by atoms with van der Waals surface area (Å²) < 4.78 is 28.4. The van der Waals surface area contributed by atoms with Crippen molar-refractivity contribution in [1.82, 2.24) is 9.62 Å². The van der Waals surface area contributed by atoms with Crippen molar-refractivity contribution in [2.24, 2.45) is 5.16 Å². The lowest BCUT2D eigenvalue weighted by Crippen LogP contribution is -2.46. The highest BCUT2D eigenvalue weighted by Crippen LogP contribution is 2.28. The number of sulfonamides is 1. The number of fused-ring (bicyclic) bond motifs is 1. The standard InChI is InChI=1S/C30H29N3O5S/c1-38-32-26-18-28(30(35)31-19-29(34)25-12-11-22-9-5-6-10-24(22)17-25)33(20-26)39(36,37)27-15-13-23(14-16-27)21-7-3-2-4-8-21/h2-17,28-29,34H,18-20H2,1H3,(H,31,35)/b32-26+/t28-,29+/m0/s1. The maximum absolute atomic E-state index is 13.6. The number of hydrogen-bond donors (Lipinski definition) is 2. The number of hydrogen-bond acceptors (Lipinski definition) is 6. The third-order valence-corrected chi connectivity index (χ3v) is 8.70. The molecule has 0 bridgehead atoms. The largest absolute Gasteiger partial charge is 0.399 e. The number of benzene rings is 4. The van der Waals surface area contributed by atoms with Crippen LogP contribution in [-0.2, 0) is 19.7 Å². The minimum atomic E-state index is -4.02. The number of nitrogens with one attached hydrogen (secondary N) is 1. The van der Waals surface area contributed by atoms with E-state index in [9.17, 15) is 18.3 Å². The number of rotatable bonds is 8. The summed E-state index contributed by atoms with van der Waals surface area (Å²) in [6, 6.07) is 28.6. The first-order valence-electron chi connectivity index (χ1n) is 12.6. The normalized spacial score (nSPS) is 17.8. The summed E-state index contributed by atoms with van der Waals surface area (Å²) in [4.78, 5) is 18.2. The zero-order valence-electron chi connectivity index (χ0n) is 21.4. The maximum Gasteiger partial charge on any atom is 0.244 e. The number of oxime groups is 1. The average molecular weight is 544 g/mol. The van der Waals surface area contributed by atoms with Gasteiger partial charge in [0.1, 0.15) is 13.2 Å². The molecule has 4 aromatic rings. The van der Waals surface area contributed by atoms with Crippen molar-refractivity contribution in [3.63, 3.8) is 0 Å². The second-order valence-electron chi connectivity index (χ2n) is 9.37. The van der Waals surface area contributed by atoms with Gasteiger partial charge in [0.05, 0.1) is 23.3 Å². The van der Waals surface area contributed by atoms with Crippen LogP contribution < -0.4 is 5.32 Å². The lowest BCUT2D eigenvalue weighted by atomic mass is 10.0. The number of nitrogens with zero attached hydrogens (tertiary/aromatic N) is 2. The Labute approximate surface area is 227 Å². The maximum atomic E-state index is 13.6. The van der Waals surface area contributed by atoms with Crippen molar-refractivity contribution in [3.05, 3.63) is 103 Å². The molecule has 0 aliphatic carbocycles. The summed E-state index contributed by atoms with van der Waals surface area (Å²) in [5, 5.41) is 19.4. The van der Waals surface area contributed by atoms with Gasteiger partial charge < -0.3 is 15.3 Å². The number of aliphatic hydroxyl groups excluding tert-OH is 1. The number of amides is 1. The van der Waals surface area contributed by atoms with Crippen molar-refractivity contribution in [2.45, 2.75) is 23.5 Å². The molecule has 200 valence electrons. The smallest absolute Gasteiger partial charge is 0.244 e. The van der Waals surface area contributed by atoms with E-state index in [0.717, 1.165) is 26.2 Å². The molecule has 9 heteroatoms. The Kier molecular flexibility index (Phi) is 7.74.